The Labute approximate surface area is 119 Å². The Morgan fingerprint density at radius 2 is 1.74 bits per heavy atom. The van der Waals surface area contributed by atoms with E-state index in [9.17, 15) is 5.11 Å². The largest absolute Gasteiger partial charge is 0.392 e. The van der Waals surface area contributed by atoms with Crippen LogP contribution < -0.4 is 0 Å². The molecule has 0 saturated heterocycles. The Kier molecular flexibility index (Phi) is 5.06. The summed E-state index contributed by atoms with van der Waals surface area (Å²) in [6, 6.07) is 16.6. The summed E-state index contributed by atoms with van der Waals surface area (Å²) < 4.78 is 0. The lowest BCUT2D eigenvalue weighted by Gasteiger charge is -2.11. The number of aliphatic hydroxyl groups excluding tert-OH is 1. The van der Waals surface area contributed by atoms with Crippen LogP contribution in [0.2, 0.25) is 0 Å². The molecule has 2 heteroatoms. The summed E-state index contributed by atoms with van der Waals surface area (Å²) in [6.45, 7) is 4.23. The second-order valence-electron chi connectivity index (χ2n) is 4.90. The van der Waals surface area contributed by atoms with Crippen molar-refractivity contribution in [1.29, 1.82) is 0 Å². The average molecular weight is 272 g/mol. The molecular weight excluding hydrogens is 252 g/mol. The second-order valence-corrected chi connectivity index (χ2v) is 5.99. The fraction of sp³-hybridized carbons (Fsp3) is 0.294. The summed E-state index contributed by atoms with van der Waals surface area (Å²) >= 11 is 1.71. The van der Waals surface area contributed by atoms with Crippen LogP contribution in [0.4, 0.5) is 0 Å². The molecule has 1 unspecified atom stereocenters. The van der Waals surface area contributed by atoms with Crippen LogP contribution in [0.1, 0.15) is 16.7 Å². The van der Waals surface area contributed by atoms with Gasteiger partial charge in [-0.1, -0.05) is 36.4 Å². The number of thioether (sulfide) groups is 1. The molecule has 2 aromatic carbocycles. The van der Waals surface area contributed by atoms with Crippen LogP contribution in [-0.2, 0) is 6.42 Å². The summed E-state index contributed by atoms with van der Waals surface area (Å²) in [4.78, 5) is 1.21. The molecular formula is C17H20OS. The molecule has 0 heterocycles. The Bertz CT molecular complexity index is 522. The fourth-order valence-electron chi connectivity index (χ4n) is 1.97. The highest BCUT2D eigenvalue weighted by Gasteiger charge is 2.07. The minimum atomic E-state index is -0.299. The van der Waals surface area contributed by atoms with Crippen molar-refractivity contribution in [2.75, 3.05) is 5.75 Å². The average Bonchev–Trinajstić information content (AvgIpc) is 2.42. The first-order chi connectivity index (χ1) is 9.15. The zero-order valence-corrected chi connectivity index (χ0v) is 12.3. The van der Waals surface area contributed by atoms with Crippen molar-refractivity contribution in [2.24, 2.45) is 0 Å². The molecule has 0 spiro atoms. The van der Waals surface area contributed by atoms with Crippen molar-refractivity contribution >= 4 is 11.8 Å². The van der Waals surface area contributed by atoms with Crippen LogP contribution in [0.5, 0.6) is 0 Å². The molecule has 2 aromatic rings. The number of aliphatic hydroxyl groups is 1. The molecule has 100 valence electrons. The predicted octanol–water partition coefficient (Wildman–Crippen LogP) is 4.00. The van der Waals surface area contributed by atoms with Gasteiger partial charge in [-0.15, -0.1) is 11.8 Å². The normalized spacial score (nSPS) is 12.4. The molecule has 2 rings (SSSR count). The minimum Gasteiger partial charge on any atom is -0.392 e. The second kappa shape index (κ2) is 6.78. The predicted molar refractivity (Wildman–Crippen MR) is 82.8 cm³/mol. The van der Waals surface area contributed by atoms with Crippen molar-refractivity contribution < 1.29 is 5.11 Å². The smallest absolute Gasteiger partial charge is 0.0674 e. The Balaban J connectivity index is 1.87. The molecule has 19 heavy (non-hydrogen) atoms. The third-order valence-corrected chi connectivity index (χ3v) is 4.39. The number of hydrogen-bond donors (Lipinski definition) is 1. The Morgan fingerprint density at radius 1 is 1.00 bits per heavy atom. The molecule has 1 atom stereocenters. The van der Waals surface area contributed by atoms with Crippen LogP contribution in [-0.4, -0.2) is 17.0 Å². The van der Waals surface area contributed by atoms with Gasteiger partial charge in [-0.3, -0.25) is 0 Å². The molecule has 1 N–H and O–H groups in total. The molecule has 0 aliphatic rings. The summed E-state index contributed by atoms with van der Waals surface area (Å²) in [5.74, 6) is 0.733. The van der Waals surface area contributed by atoms with Crippen molar-refractivity contribution in [3.05, 3.63) is 65.2 Å². The topological polar surface area (TPSA) is 20.2 Å². The standard InChI is InChI=1S/C17H20OS/c1-13-8-9-15(10-14(13)2)11-16(18)12-19-17-6-4-3-5-7-17/h3-10,16,18H,11-12H2,1-2H3. The van der Waals surface area contributed by atoms with Crippen LogP contribution in [0.3, 0.4) is 0 Å². The minimum absolute atomic E-state index is 0.299. The first-order valence-corrected chi connectivity index (χ1v) is 7.56. The summed E-state index contributed by atoms with van der Waals surface area (Å²) in [7, 11) is 0. The molecule has 0 aromatic heterocycles. The SMILES string of the molecule is Cc1ccc(CC(O)CSc2ccccc2)cc1C. The van der Waals surface area contributed by atoms with Crippen LogP contribution in [0.15, 0.2) is 53.4 Å². The molecule has 0 aliphatic heterocycles. The molecule has 0 bridgehead atoms. The van der Waals surface area contributed by atoms with Crippen LogP contribution in [0.25, 0.3) is 0 Å². The Morgan fingerprint density at radius 3 is 2.42 bits per heavy atom. The fourth-order valence-corrected chi connectivity index (χ4v) is 2.82. The summed E-state index contributed by atoms with van der Waals surface area (Å²) in [5, 5.41) is 10.1. The number of aryl methyl sites for hydroxylation is 2. The van der Waals surface area contributed by atoms with Gasteiger partial charge in [0.25, 0.3) is 0 Å². The lowest BCUT2D eigenvalue weighted by molar-refractivity contribution is 0.200. The van der Waals surface area contributed by atoms with E-state index in [2.05, 4.69) is 44.2 Å². The van der Waals surface area contributed by atoms with Crippen molar-refractivity contribution in [2.45, 2.75) is 31.3 Å². The van der Waals surface area contributed by atoms with Gasteiger partial charge in [-0.05, 0) is 49.1 Å². The van der Waals surface area contributed by atoms with Gasteiger partial charge in [0, 0.05) is 10.6 Å². The summed E-state index contributed by atoms with van der Waals surface area (Å²) in [5.41, 5.74) is 3.81. The third kappa shape index (κ3) is 4.41. The van der Waals surface area contributed by atoms with E-state index in [4.69, 9.17) is 0 Å². The number of hydrogen-bond acceptors (Lipinski definition) is 2. The molecule has 0 amide bonds. The maximum absolute atomic E-state index is 10.1. The van der Waals surface area contributed by atoms with Gasteiger partial charge >= 0.3 is 0 Å². The zero-order chi connectivity index (χ0) is 13.7. The quantitative estimate of drug-likeness (QED) is 0.830. The van der Waals surface area contributed by atoms with E-state index in [1.807, 2.05) is 18.2 Å². The van der Waals surface area contributed by atoms with E-state index in [0.29, 0.717) is 0 Å². The first kappa shape index (κ1) is 14.2. The van der Waals surface area contributed by atoms with Gasteiger partial charge in [-0.2, -0.15) is 0 Å². The van der Waals surface area contributed by atoms with E-state index >= 15 is 0 Å². The summed E-state index contributed by atoms with van der Waals surface area (Å²) in [6.07, 6.45) is 0.424. The molecule has 1 nitrogen and oxygen atoms in total. The van der Waals surface area contributed by atoms with Crippen molar-refractivity contribution in [3.63, 3.8) is 0 Å². The van der Waals surface area contributed by atoms with Gasteiger partial charge in [0.15, 0.2) is 0 Å². The van der Waals surface area contributed by atoms with E-state index in [1.165, 1.54) is 21.6 Å². The highest BCUT2D eigenvalue weighted by Crippen LogP contribution is 2.19. The molecule has 0 fully saturated rings. The van der Waals surface area contributed by atoms with Gasteiger partial charge in [0.05, 0.1) is 6.10 Å². The maximum atomic E-state index is 10.1. The van der Waals surface area contributed by atoms with E-state index in [0.717, 1.165) is 12.2 Å². The number of benzene rings is 2. The van der Waals surface area contributed by atoms with E-state index < -0.39 is 0 Å². The van der Waals surface area contributed by atoms with Crippen LogP contribution >= 0.6 is 11.8 Å². The van der Waals surface area contributed by atoms with E-state index in [-0.39, 0.29) is 6.10 Å². The monoisotopic (exact) mass is 272 g/mol. The third-order valence-electron chi connectivity index (χ3n) is 3.23. The highest BCUT2D eigenvalue weighted by atomic mass is 32.2. The van der Waals surface area contributed by atoms with E-state index in [1.54, 1.807) is 11.8 Å². The lowest BCUT2D eigenvalue weighted by atomic mass is 10.0. The van der Waals surface area contributed by atoms with Crippen molar-refractivity contribution in [1.82, 2.24) is 0 Å². The molecule has 0 aliphatic carbocycles. The van der Waals surface area contributed by atoms with Gasteiger partial charge in [-0.25, -0.2) is 0 Å². The molecule has 0 radical (unpaired) electrons. The van der Waals surface area contributed by atoms with Gasteiger partial charge in [0.1, 0.15) is 0 Å². The number of rotatable bonds is 5. The lowest BCUT2D eigenvalue weighted by Crippen LogP contribution is -2.13. The zero-order valence-electron chi connectivity index (χ0n) is 11.5. The van der Waals surface area contributed by atoms with Crippen molar-refractivity contribution in [3.8, 4) is 0 Å². The highest BCUT2D eigenvalue weighted by molar-refractivity contribution is 7.99. The van der Waals surface area contributed by atoms with Crippen LogP contribution in [0, 0.1) is 13.8 Å². The Hall–Kier alpha value is -1.25. The first-order valence-electron chi connectivity index (χ1n) is 6.57. The van der Waals surface area contributed by atoms with Gasteiger partial charge < -0.3 is 5.11 Å². The van der Waals surface area contributed by atoms with Gasteiger partial charge in [0.2, 0.25) is 0 Å². The molecule has 0 saturated carbocycles. The maximum Gasteiger partial charge on any atom is 0.0674 e.